The van der Waals surface area contributed by atoms with Crippen molar-refractivity contribution in [3.05, 3.63) is 11.9 Å². The molecule has 0 unspecified atom stereocenters. The van der Waals surface area contributed by atoms with Gasteiger partial charge in [-0.1, -0.05) is 0 Å². The highest BCUT2D eigenvalue weighted by Gasteiger charge is 1.87. The van der Waals surface area contributed by atoms with Gasteiger partial charge < -0.3 is 16.8 Å². The van der Waals surface area contributed by atoms with Crippen molar-refractivity contribution in [1.82, 2.24) is 5.32 Å². The molecular weight excluding hydrogens is 118 g/mol. The van der Waals surface area contributed by atoms with Crippen LogP contribution in [0, 0.1) is 0 Å². The zero-order valence-electron chi connectivity index (χ0n) is 5.13. The van der Waals surface area contributed by atoms with E-state index < -0.39 is 0 Å². The number of carbonyl (C=O) groups excluding carboxylic acids is 1. The molecule has 52 valence electrons. The molecule has 0 radical (unpaired) electrons. The lowest BCUT2D eigenvalue weighted by atomic mass is 10.5. The molecule has 0 amide bonds. The summed E-state index contributed by atoms with van der Waals surface area (Å²) in [4.78, 5) is 9.99. The van der Waals surface area contributed by atoms with Gasteiger partial charge in [0.25, 0.3) is 0 Å². The number of aldehydes is 1. The van der Waals surface area contributed by atoms with E-state index >= 15 is 0 Å². The third-order valence-corrected chi connectivity index (χ3v) is 0.780. The molecule has 9 heavy (non-hydrogen) atoms. The van der Waals surface area contributed by atoms with Crippen LogP contribution in [0.15, 0.2) is 11.9 Å². The average Bonchev–Trinajstić information content (AvgIpc) is 1.91. The van der Waals surface area contributed by atoms with Crippen LogP contribution in [-0.2, 0) is 4.79 Å². The normalized spacial score (nSPS) is 11.0. The lowest BCUT2D eigenvalue weighted by Gasteiger charge is -1.99. The minimum Gasteiger partial charge on any atom is -0.403 e. The Kier molecular flexibility index (Phi) is 4.53. The van der Waals surface area contributed by atoms with E-state index in [0.717, 1.165) is 0 Å². The van der Waals surface area contributed by atoms with Gasteiger partial charge >= 0.3 is 0 Å². The molecule has 0 aromatic heterocycles. The Labute approximate surface area is 53.9 Å². The Morgan fingerprint density at radius 1 is 1.67 bits per heavy atom. The fraction of sp³-hybridized carbons (Fsp3) is 0.400. The zero-order valence-corrected chi connectivity index (χ0v) is 5.13. The molecule has 0 heterocycles. The van der Waals surface area contributed by atoms with Crippen LogP contribution in [0.1, 0.15) is 0 Å². The maximum atomic E-state index is 9.99. The van der Waals surface area contributed by atoms with Gasteiger partial charge in [0, 0.05) is 19.3 Å². The summed E-state index contributed by atoms with van der Waals surface area (Å²) in [5, 5.41) is 2.71. The van der Waals surface area contributed by atoms with Gasteiger partial charge in [0.1, 0.15) is 0 Å². The molecule has 0 bridgehead atoms. The van der Waals surface area contributed by atoms with E-state index in [4.69, 9.17) is 11.5 Å². The van der Waals surface area contributed by atoms with Crippen molar-refractivity contribution in [2.45, 2.75) is 0 Å². The molecule has 0 saturated carbocycles. The molecule has 0 aliphatic rings. The van der Waals surface area contributed by atoms with Crippen LogP contribution in [-0.4, -0.2) is 19.4 Å². The van der Waals surface area contributed by atoms with Gasteiger partial charge in [-0.25, -0.2) is 0 Å². The molecule has 4 nitrogen and oxygen atoms in total. The molecule has 0 rings (SSSR count). The molecule has 0 aromatic rings. The second kappa shape index (κ2) is 5.11. The maximum absolute atomic E-state index is 9.99. The number of hydrogen-bond donors (Lipinski definition) is 3. The van der Waals surface area contributed by atoms with Crippen LogP contribution in [0.2, 0.25) is 0 Å². The van der Waals surface area contributed by atoms with E-state index in [2.05, 4.69) is 5.32 Å². The third kappa shape index (κ3) is 3.54. The van der Waals surface area contributed by atoms with Gasteiger partial charge in [0.15, 0.2) is 6.29 Å². The van der Waals surface area contributed by atoms with Crippen molar-refractivity contribution >= 4 is 6.29 Å². The van der Waals surface area contributed by atoms with Crippen molar-refractivity contribution in [3.63, 3.8) is 0 Å². The van der Waals surface area contributed by atoms with Crippen LogP contribution in [0.4, 0.5) is 0 Å². The first-order valence-corrected chi connectivity index (χ1v) is 2.66. The molecule has 0 fully saturated rings. The summed E-state index contributed by atoms with van der Waals surface area (Å²) in [7, 11) is 0. The van der Waals surface area contributed by atoms with E-state index in [0.29, 0.717) is 25.1 Å². The first kappa shape index (κ1) is 7.97. The van der Waals surface area contributed by atoms with Gasteiger partial charge in [-0.2, -0.15) is 0 Å². The summed E-state index contributed by atoms with van der Waals surface area (Å²) in [5.41, 5.74) is 10.5. The monoisotopic (exact) mass is 129 g/mol. The summed E-state index contributed by atoms with van der Waals surface area (Å²) in [6, 6.07) is 0. The molecule has 0 aliphatic carbocycles. The van der Waals surface area contributed by atoms with E-state index in [1.165, 1.54) is 6.20 Å². The average molecular weight is 129 g/mol. The molecule has 5 N–H and O–H groups in total. The second-order valence-electron chi connectivity index (χ2n) is 1.46. The number of allylic oxidation sites excluding steroid dienone is 1. The third-order valence-electron chi connectivity index (χ3n) is 0.780. The van der Waals surface area contributed by atoms with Crippen LogP contribution in [0.25, 0.3) is 0 Å². The molecule has 0 atom stereocenters. The standard InChI is InChI=1S/C5H11N3O/c6-1-2-8-5(3-7)4-9/h3-4,8H,1-2,6-7H2/b5-3-. The summed E-state index contributed by atoms with van der Waals surface area (Å²) in [5.74, 6) is 0. The van der Waals surface area contributed by atoms with E-state index in [9.17, 15) is 4.79 Å². The van der Waals surface area contributed by atoms with Crippen molar-refractivity contribution in [1.29, 1.82) is 0 Å². The van der Waals surface area contributed by atoms with Gasteiger partial charge in [-0.15, -0.1) is 0 Å². The first-order chi connectivity index (χ1) is 4.35. The topological polar surface area (TPSA) is 81.1 Å². The highest BCUT2D eigenvalue weighted by Crippen LogP contribution is 1.74. The van der Waals surface area contributed by atoms with E-state index in [1.54, 1.807) is 0 Å². The fourth-order valence-electron chi connectivity index (χ4n) is 0.356. The smallest absolute Gasteiger partial charge is 0.167 e. The van der Waals surface area contributed by atoms with Crippen LogP contribution < -0.4 is 16.8 Å². The predicted molar refractivity (Wildman–Crippen MR) is 35.4 cm³/mol. The predicted octanol–water partition coefficient (Wildman–Crippen LogP) is -1.47. The molecule has 0 aromatic carbocycles. The SMILES string of the molecule is N/C=C(/C=O)NCCN. The number of nitrogens with two attached hydrogens (primary N) is 2. The van der Waals surface area contributed by atoms with Crippen molar-refractivity contribution in [2.75, 3.05) is 13.1 Å². The quantitative estimate of drug-likeness (QED) is 0.320. The molecule has 4 heteroatoms. The minimum atomic E-state index is 0.375. The lowest BCUT2D eigenvalue weighted by Crippen LogP contribution is -2.23. The minimum absolute atomic E-state index is 0.375. The summed E-state index contributed by atoms with van der Waals surface area (Å²) in [6.45, 7) is 1.06. The lowest BCUT2D eigenvalue weighted by molar-refractivity contribution is -0.105. The fourth-order valence-corrected chi connectivity index (χ4v) is 0.356. The van der Waals surface area contributed by atoms with E-state index in [1.807, 2.05) is 0 Å². The molecule has 0 spiro atoms. The number of hydrogen-bond acceptors (Lipinski definition) is 4. The number of nitrogens with one attached hydrogen (secondary N) is 1. The Morgan fingerprint density at radius 2 is 2.33 bits per heavy atom. The summed E-state index contributed by atoms with van der Waals surface area (Å²) in [6.07, 6.45) is 1.86. The van der Waals surface area contributed by atoms with Crippen LogP contribution >= 0.6 is 0 Å². The Bertz CT molecular complexity index is 111. The number of rotatable bonds is 4. The van der Waals surface area contributed by atoms with Crippen molar-refractivity contribution in [2.24, 2.45) is 11.5 Å². The summed E-state index contributed by atoms with van der Waals surface area (Å²) >= 11 is 0. The van der Waals surface area contributed by atoms with Gasteiger partial charge in [0.05, 0.1) is 5.70 Å². The van der Waals surface area contributed by atoms with Gasteiger partial charge in [-0.3, -0.25) is 4.79 Å². The first-order valence-electron chi connectivity index (χ1n) is 2.66. The maximum Gasteiger partial charge on any atom is 0.167 e. The van der Waals surface area contributed by atoms with Gasteiger partial charge in [-0.05, 0) is 0 Å². The van der Waals surface area contributed by atoms with Crippen LogP contribution in [0.3, 0.4) is 0 Å². The van der Waals surface area contributed by atoms with Crippen LogP contribution in [0.5, 0.6) is 0 Å². The molecule has 0 aliphatic heterocycles. The second-order valence-corrected chi connectivity index (χ2v) is 1.46. The molecular formula is C5H11N3O. The Balaban J connectivity index is 3.45. The highest BCUT2D eigenvalue weighted by molar-refractivity contribution is 5.71. The van der Waals surface area contributed by atoms with Gasteiger partial charge in [0.2, 0.25) is 0 Å². The zero-order chi connectivity index (χ0) is 7.11. The largest absolute Gasteiger partial charge is 0.403 e. The Hall–Kier alpha value is -1.03. The summed E-state index contributed by atoms with van der Waals surface area (Å²) < 4.78 is 0. The van der Waals surface area contributed by atoms with E-state index in [-0.39, 0.29) is 0 Å². The highest BCUT2D eigenvalue weighted by atomic mass is 16.1. The van der Waals surface area contributed by atoms with Crippen molar-refractivity contribution < 1.29 is 4.79 Å². The van der Waals surface area contributed by atoms with Crippen molar-refractivity contribution in [3.8, 4) is 0 Å². The molecule has 0 saturated heterocycles. The number of carbonyl (C=O) groups is 1. The Morgan fingerprint density at radius 3 is 2.67 bits per heavy atom.